The van der Waals surface area contributed by atoms with Crippen LogP contribution in [-0.4, -0.2) is 37.6 Å². The third-order valence-corrected chi connectivity index (χ3v) is 2.32. The van der Waals surface area contributed by atoms with Crippen molar-refractivity contribution in [1.29, 1.82) is 0 Å². The van der Waals surface area contributed by atoms with E-state index in [9.17, 15) is 0 Å². The molecule has 2 nitrogen and oxygen atoms in total. The SMILES string of the molecule is CCCN(C)C(C)CNCC(C)C. The molecule has 0 bridgehead atoms. The van der Waals surface area contributed by atoms with E-state index in [1.807, 2.05) is 0 Å². The second-order valence-corrected chi connectivity index (χ2v) is 4.38. The number of likely N-dealkylation sites (N-methyl/N-ethyl adjacent to an activating group) is 1. The standard InChI is InChI=1S/C11H26N2/c1-6-7-13(5)11(4)9-12-8-10(2)3/h10-12H,6-9H2,1-5H3. The second kappa shape index (κ2) is 7.34. The van der Waals surface area contributed by atoms with Crippen molar-refractivity contribution < 1.29 is 0 Å². The lowest BCUT2D eigenvalue weighted by molar-refractivity contribution is 0.249. The molecule has 0 amide bonds. The molecule has 13 heavy (non-hydrogen) atoms. The molecule has 80 valence electrons. The highest BCUT2D eigenvalue weighted by Crippen LogP contribution is 1.96. The van der Waals surface area contributed by atoms with Crippen LogP contribution in [0.5, 0.6) is 0 Å². The van der Waals surface area contributed by atoms with Crippen molar-refractivity contribution in [2.24, 2.45) is 5.92 Å². The monoisotopic (exact) mass is 186 g/mol. The third kappa shape index (κ3) is 7.03. The zero-order valence-electron chi connectivity index (χ0n) is 9.93. The van der Waals surface area contributed by atoms with E-state index in [0.717, 1.165) is 19.0 Å². The summed E-state index contributed by atoms with van der Waals surface area (Å²) >= 11 is 0. The Labute approximate surface area is 83.7 Å². The molecule has 0 saturated carbocycles. The van der Waals surface area contributed by atoms with E-state index in [4.69, 9.17) is 0 Å². The van der Waals surface area contributed by atoms with Gasteiger partial charge in [-0.2, -0.15) is 0 Å². The fourth-order valence-electron chi connectivity index (χ4n) is 1.31. The first-order chi connectivity index (χ1) is 6.07. The average Bonchev–Trinajstić information content (AvgIpc) is 2.04. The summed E-state index contributed by atoms with van der Waals surface area (Å²) in [4.78, 5) is 2.41. The Balaban J connectivity index is 3.43. The van der Waals surface area contributed by atoms with E-state index in [1.54, 1.807) is 0 Å². The lowest BCUT2D eigenvalue weighted by Crippen LogP contribution is -2.39. The van der Waals surface area contributed by atoms with Gasteiger partial charge in [0.2, 0.25) is 0 Å². The zero-order valence-corrected chi connectivity index (χ0v) is 9.93. The van der Waals surface area contributed by atoms with Crippen LogP contribution >= 0.6 is 0 Å². The van der Waals surface area contributed by atoms with Crippen molar-refractivity contribution in [3.63, 3.8) is 0 Å². The summed E-state index contributed by atoms with van der Waals surface area (Å²) in [6.07, 6.45) is 1.24. The van der Waals surface area contributed by atoms with Crippen molar-refractivity contribution in [2.75, 3.05) is 26.7 Å². The van der Waals surface area contributed by atoms with Gasteiger partial charge in [0.15, 0.2) is 0 Å². The molecule has 0 saturated heterocycles. The van der Waals surface area contributed by atoms with Gasteiger partial charge in [0.1, 0.15) is 0 Å². The number of nitrogens with zero attached hydrogens (tertiary/aromatic N) is 1. The number of rotatable bonds is 7. The maximum atomic E-state index is 3.48. The van der Waals surface area contributed by atoms with Gasteiger partial charge >= 0.3 is 0 Å². The molecule has 0 aliphatic heterocycles. The zero-order chi connectivity index (χ0) is 10.3. The van der Waals surface area contributed by atoms with E-state index in [-0.39, 0.29) is 0 Å². The van der Waals surface area contributed by atoms with E-state index in [0.29, 0.717) is 6.04 Å². The Kier molecular flexibility index (Phi) is 7.29. The number of hydrogen-bond acceptors (Lipinski definition) is 2. The first-order valence-corrected chi connectivity index (χ1v) is 5.48. The summed E-state index contributed by atoms with van der Waals surface area (Å²) < 4.78 is 0. The lowest BCUT2D eigenvalue weighted by atomic mass is 10.2. The molecule has 0 heterocycles. The number of hydrogen-bond donors (Lipinski definition) is 1. The quantitative estimate of drug-likeness (QED) is 0.654. The molecule has 1 N–H and O–H groups in total. The van der Waals surface area contributed by atoms with Crippen molar-refractivity contribution >= 4 is 0 Å². The molecule has 1 atom stereocenters. The molecule has 2 heteroatoms. The van der Waals surface area contributed by atoms with Gasteiger partial charge in [0.05, 0.1) is 0 Å². The molecule has 0 rings (SSSR count). The fraction of sp³-hybridized carbons (Fsp3) is 1.00. The van der Waals surface area contributed by atoms with Crippen LogP contribution in [0.2, 0.25) is 0 Å². The van der Waals surface area contributed by atoms with Crippen LogP contribution in [0.15, 0.2) is 0 Å². The van der Waals surface area contributed by atoms with Gasteiger partial charge in [-0.3, -0.25) is 0 Å². The highest BCUT2D eigenvalue weighted by atomic mass is 15.1. The van der Waals surface area contributed by atoms with Crippen LogP contribution in [0.3, 0.4) is 0 Å². The largest absolute Gasteiger partial charge is 0.315 e. The van der Waals surface area contributed by atoms with Gasteiger partial charge in [0, 0.05) is 12.6 Å². The fourth-order valence-corrected chi connectivity index (χ4v) is 1.31. The normalized spacial score (nSPS) is 14.1. The second-order valence-electron chi connectivity index (χ2n) is 4.38. The Hall–Kier alpha value is -0.0800. The molecule has 0 aliphatic rings. The predicted molar refractivity (Wildman–Crippen MR) is 60.1 cm³/mol. The van der Waals surface area contributed by atoms with E-state index in [1.165, 1.54) is 13.0 Å². The topological polar surface area (TPSA) is 15.3 Å². The van der Waals surface area contributed by atoms with Gasteiger partial charge in [-0.1, -0.05) is 20.8 Å². The summed E-state index contributed by atoms with van der Waals surface area (Å²) in [6.45, 7) is 12.4. The van der Waals surface area contributed by atoms with Crippen molar-refractivity contribution in [3.05, 3.63) is 0 Å². The third-order valence-electron chi connectivity index (χ3n) is 2.32. The smallest absolute Gasteiger partial charge is 0.0189 e. The van der Waals surface area contributed by atoms with Gasteiger partial charge in [-0.15, -0.1) is 0 Å². The Bertz CT molecular complexity index is 113. The van der Waals surface area contributed by atoms with E-state index >= 15 is 0 Å². The number of nitrogens with one attached hydrogen (secondary N) is 1. The average molecular weight is 186 g/mol. The molecule has 0 aromatic carbocycles. The minimum absolute atomic E-state index is 0.652. The van der Waals surface area contributed by atoms with Gasteiger partial charge in [-0.25, -0.2) is 0 Å². The molecular weight excluding hydrogens is 160 g/mol. The van der Waals surface area contributed by atoms with Crippen LogP contribution < -0.4 is 5.32 Å². The van der Waals surface area contributed by atoms with Crippen molar-refractivity contribution in [1.82, 2.24) is 10.2 Å². The molecule has 0 aromatic heterocycles. The maximum absolute atomic E-state index is 3.48. The van der Waals surface area contributed by atoms with Crippen LogP contribution in [0.25, 0.3) is 0 Å². The van der Waals surface area contributed by atoms with Crippen LogP contribution in [-0.2, 0) is 0 Å². The van der Waals surface area contributed by atoms with Gasteiger partial charge in [-0.05, 0) is 39.4 Å². The van der Waals surface area contributed by atoms with Crippen molar-refractivity contribution in [2.45, 2.75) is 40.2 Å². The molecule has 0 fully saturated rings. The summed E-state index contributed by atoms with van der Waals surface area (Å²) in [7, 11) is 2.20. The predicted octanol–water partition coefficient (Wildman–Crippen LogP) is 1.96. The lowest BCUT2D eigenvalue weighted by Gasteiger charge is -2.24. The summed E-state index contributed by atoms with van der Waals surface area (Å²) in [6, 6.07) is 0.652. The first-order valence-electron chi connectivity index (χ1n) is 5.48. The van der Waals surface area contributed by atoms with E-state index in [2.05, 4.69) is 45.0 Å². The molecule has 1 unspecified atom stereocenters. The molecule has 0 aliphatic carbocycles. The first kappa shape index (κ1) is 12.9. The minimum Gasteiger partial charge on any atom is -0.315 e. The summed E-state index contributed by atoms with van der Waals surface area (Å²) in [5, 5.41) is 3.48. The Morgan fingerprint density at radius 3 is 2.23 bits per heavy atom. The van der Waals surface area contributed by atoms with Crippen LogP contribution in [0, 0.1) is 5.92 Å². The minimum atomic E-state index is 0.652. The van der Waals surface area contributed by atoms with Gasteiger partial charge in [0.25, 0.3) is 0 Å². The van der Waals surface area contributed by atoms with Crippen LogP contribution in [0.1, 0.15) is 34.1 Å². The maximum Gasteiger partial charge on any atom is 0.0189 e. The van der Waals surface area contributed by atoms with Crippen LogP contribution in [0.4, 0.5) is 0 Å². The summed E-state index contributed by atoms with van der Waals surface area (Å²) in [5.74, 6) is 0.753. The van der Waals surface area contributed by atoms with Crippen molar-refractivity contribution in [3.8, 4) is 0 Å². The molecule has 0 aromatic rings. The molecule has 0 spiro atoms. The van der Waals surface area contributed by atoms with Gasteiger partial charge < -0.3 is 10.2 Å². The highest BCUT2D eigenvalue weighted by molar-refractivity contribution is 4.66. The highest BCUT2D eigenvalue weighted by Gasteiger charge is 2.06. The Morgan fingerprint density at radius 2 is 1.77 bits per heavy atom. The Morgan fingerprint density at radius 1 is 1.15 bits per heavy atom. The summed E-state index contributed by atoms with van der Waals surface area (Å²) in [5.41, 5.74) is 0. The molecular formula is C11H26N2. The van der Waals surface area contributed by atoms with E-state index < -0.39 is 0 Å². The molecule has 0 radical (unpaired) electrons.